The van der Waals surface area contributed by atoms with Crippen molar-refractivity contribution in [1.29, 1.82) is 0 Å². The first-order valence-corrected chi connectivity index (χ1v) is 8.13. The highest BCUT2D eigenvalue weighted by Gasteiger charge is 2.14. The van der Waals surface area contributed by atoms with Crippen molar-refractivity contribution >= 4 is 31.6 Å². The van der Waals surface area contributed by atoms with E-state index >= 15 is 0 Å². The van der Waals surface area contributed by atoms with Gasteiger partial charge in [0, 0.05) is 13.3 Å². The molecule has 1 aromatic rings. The third-order valence-electron chi connectivity index (χ3n) is 2.08. The number of anilines is 1. The van der Waals surface area contributed by atoms with E-state index in [0.717, 1.165) is 23.0 Å². The summed E-state index contributed by atoms with van der Waals surface area (Å²) in [5.74, 6) is 0.830. The Morgan fingerprint density at radius 3 is 2.47 bits per heavy atom. The summed E-state index contributed by atoms with van der Waals surface area (Å²) in [6.45, 7) is 2.05. The number of rotatable bonds is 5. The minimum absolute atomic E-state index is 0.133. The van der Waals surface area contributed by atoms with Crippen molar-refractivity contribution < 1.29 is 8.42 Å². The molecule has 0 amide bonds. The highest BCUT2D eigenvalue weighted by Crippen LogP contribution is 2.24. The fourth-order valence-electron chi connectivity index (χ4n) is 1.41. The second-order valence-corrected chi connectivity index (χ2v) is 6.75. The minimum atomic E-state index is -3.11. The zero-order valence-electron chi connectivity index (χ0n) is 10.1. The lowest BCUT2D eigenvalue weighted by Crippen LogP contribution is -2.10. The predicted molar refractivity (Wildman–Crippen MR) is 71.8 cm³/mol. The molecule has 5 nitrogen and oxygen atoms in total. The summed E-state index contributed by atoms with van der Waals surface area (Å²) in [5, 5.41) is 2.93. The van der Waals surface area contributed by atoms with E-state index in [1.807, 2.05) is 6.92 Å². The maximum atomic E-state index is 11.2. The molecule has 0 aliphatic heterocycles. The second-order valence-electron chi connectivity index (χ2n) is 3.82. The number of aromatic nitrogens is 2. The van der Waals surface area contributed by atoms with Gasteiger partial charge >= 0.3 is 0 Å². The van der Waals surface area contributed by atoms with Crippen molar-refractivity contribution in [3.63, 3.8) is 0 Å². The van der Waals surface area contributed by atoms with Gasteiger partial charge in [0.2, 0.25) is 0 Å². The molecule has 0 aliphatic carbocycles. The molecule has 0 saturated heterocycles. The van der Waals surface area contributed by atoms with E-state index in [0.29, 0.717) is 11.6 Å². The molecule has 17 heavy (non-hydrogen) atoms. The summed E-state index contributed by atoms with van der Waals surface area (Å²) in [7, 11) is -1.37. The van der Waals surface area contributed by atoms with Crippen LogP contribution in [0.15, 0.2) is 4.47 Å². The summed E-state index contributed by atoms with van der Waals surface area (Å²) in [5.41, 5.74) is 0.838. The van der Waals surface area contributed by atoms with Gasteiger partial charge < -0.3 is 5.32 Å². The zero-order chi connectivity index (χ0) is 13.1. The Balaban J connectivity index is 3.20. The fourth-order valence-corrected chi connectivity index (χ4v) is 2.58. The number of sulfone groups is 1. The fraction of sp³-hybridized carbons (Fsp3) is 0.600. The smallest absolute Gasteiger partial charge is 0.154 e. The Labute approximate surface area is 110 Å². The van der Waals surface area contributed by atoms with Gasteiger partial charge in [0.15, 0.2) is 9.84 Å². The Morgan fingerprint density at radius 2 is 2.00 bits per heavy atom. The summed E-state index contributed by atoms with van der Waals surface area (Å²) >= 11 is 3.42. The normalized spacial score (nSPS) is 11.5. The van der Waals surface area contributed by atoms with Crippen molar-refractivity contribution in [2.24, 2.45) is 0 Å². The lowest BCUT2D eigenvalue weighted by atomic mass is 10.2. The number of nitrogens with zero attached hydrogens (tertiary/aromatic N) is 2. The molecule has 0 spiro atoms. The Kier molecular flexibility index (Phi) is 4.88. The molecule has 0 atom stereocenters. The van der Waals surface area contributed by atoms with E-state index in [9.17, 15) is 8.42 Å². The molecule has 7 heteroatoms. The maximum Gasteiger partial charge on any atom is 0.154 e. The standard InChI is InChI=1S/C10H16BrN3O2S/c1-4-5-7-9(11)10(12-2)14-8(13-7)6-17(3,15)16/h4-6H2,1-3H3,(H,12,13,14). The molecule has 1 N–H and O–H groups in total. The number of nitrogens with one attached hydrogen (secondary N) is 1. The molecule has 1 rings (SSSR count). The molecule has 0 aromatic carbocycles. The predicted octanol–water partition coefficient (Wildman–Crippen LogP) is 1.78. The van der Waals surface area contributed by atoms with Crippen molar-refractivity contribution in [2.75, 3.05) is 18.6 Å². The molecule has 0 fully saturated rings. The Bertz CT molecular complexity index is 503. The van der Waals surface area contributed by atoms with E-state index in [1.165, 1.54) is 6.26 Å². The van der Waals surface area contributed by atoms with Crippen LogP contribution >= 0.6 is 15.9 Å². The van der Waals surface area contributed by atoms with E-state index in [-0.39, 0.29) is 5.75 Å². The number of hydrogen-bond donors (Lipinski definition) is 1. The van der Waals surface area contributed by atoms with Crippen molar-refractivity contribution in [1.82, 2.24) is 9.97 Å². The average Bonchev–Trinajstić information content (AvgIpc) is 2.20. The van der Waals surface area contributed by atoms with E-state index in [2.05, 4.69) is 31.2 Å². The van der Waals surface area contributed by atoms with Crippen LogP contribution in [0.5, 0.6) is 0 Å². The van der Waals surface area contributed by atoms with Crippen molar-refractivity contribution in [3.8, 4) is 0 Å². The van der Waals surface area contributed by atoms with Crippen LogP contribution in [0.25, 0.3) is 0 Å². The van der Waals surface area contributed by atoms with Gasteiger partial charge in [-0.1, -0.05) is 13.3 Å². The van der Waals surface area contributed by atoms with Crippen molar-refractivity contribution in [3.05, 3.63) is 16.0 Å². The minimum Gasteiger partial charge on any atom is -0.372 e. The topological polar surface area (TPSA) is 72.0 Å². The maximum absolute atomic E-state index is 11.2. The van der Waals surface area contributed by atoms with E-state index in [1.54, 1.807) is 7.05 Å². The lowest BCUT2D eigenvalue weighted by molar-refractivity contribution is 0.599. The van der Waals surface area contributed by atoms with Crippen LogP contribution in [0.2, 0.25) is 0 Å². The van der Waals surface area contributed by atoms with Gasteiger partial charge in [0.25, 0.3) is 0 Å². The van der Waals surface area contributed by atoms with Crippen LogP contribution < -0.4 is 5.32 Å². The first-order valence-electron chi connectivity index (χ1n) is 5.28. The van der Waals surface area contributed by atoms with Gasteiger partial charge in [-0.15, -0.1) is 0 Å². The first-order chi connectivity index (χ1) is 7.87. The number of hydrogen-bond acceptors (Lipinski definition) is 5. The first kappa shape index (κ1) is 14.4. The molecule has 0 bridgehead atoms. The quantitative estimate of drug-likeness (QED) is 0.895. The molecule has 0 aliphatic rings. The van der Waals surface area contributed by atoms with Gasteiger partial charge in [0.1, 0.15) is 17.4 Å². The summed E-state index contributed by atoms with van der Waals surface area (Å²) in [6, 6.07) is 0. The molecular weight excluding hydrogens is 306 g/mol. The van der Waals surface area contributed by atoms with Crippen LogP contribution in [0.3, 0.4) is 0 Å². The third-order valence-corrected chi connectivity index (χ3v) is 3.70. The van der Waals surface area contributed by atoms with Gasteiger partial charge in [0.05, 0.1) is 10.2 Å². The van der Waals surface area contributed by atoms with Crippen LogP contribution in [-0.4, -0.2) is 31.7 Å². The molecule has 1 heterocycles. The Morgan fingerprint density at radius 1 is 1.35 bits per heavy atom. The van der Waals surface area contributed by atoms with Crippen LogP contribution in [0.1, 0.15) is 24.9 Å². The van der Waals surface area contributed by atoms with Crippen molar-refractivity contribution in [2.45, 2.75) is 25.5 Å². The lowest BCUT2D eigenvalue weighted by Gasteiger charge is -2.10. The summed E-state index contributed by atoms with van der Waals surface area (Å²) in [6.07, 6.45) is 2.91. The summed E-state index contributed by atoms with van der Waals surface area (Å²) < 4.78 is 23.3. The zero-order valence-corrected chi connectivity index (χ0v) is 12.5. The van der Waals surface area contributed by atoms with E-state index < -0.39 is 9.84 Å². The molecule has 0 radical (unpaired) electrons. The van der Waals surface area contributed by atoms with Crippen LogP contribution in [-0.2, 0) is 22.0 Å². The second kappa shape index (κ2) is 5.77. The van der Waals surface area contributed by atoms with Gasteiger partial charge in [-0.25, -0.2) is 18.4 Å². The molecule has 96 valence electrons. The number of aryl methyl sites for hydroxylation is 1. The van der Waals surface area contributed by atoms with Crippen LogP contribution in [0, 0.1) is 0 Å². The highest BCUT2D eigenvalue weighted by molar-refractivity contribution is 9.10. The number of halogens is 1. The third kappa shape index (κ3) is 4.23. The van der Waals surface area contributed by atoms with Gasteiger partial charge in [-0.3, -0.25) is 0 Å². The van der Waals surface area contributed by atoms with Gasteiger partial charge in [-0.2, -0.15) is 0 Å². The molecule has 0 saturated carbocycles. The summed E-state index contributed by atoms with van der Waals surface area (Å²) in [4.78, 5) is 8.45. The van der Waals surface area contributed by atoms with Gasteiger partial charge in [-0.05, 0) is 22.4 Å². The SMILES string of the molecule is CCCc1nc(CS(C)(=O)=O)nc(NC)c1Br. The van der Waals surface area contributed by atoms with Crippen LogP contribution in [0.4, 0.5) is 5.82 Å². The largest absolute Gasteiger partial charge is 0.372 e. The monoisotopic (exact) mass is 321 g/mol. The average molecular weight is 322 g/mol. The molecular formula is C10H16BrN3O2S. The molecule has 0 unspecified atom stereocenters. The highest BCUT2D eigenvalue weighted by atomic mass is 79.9. The molecule has 1 aromatic heterocycles. The van der Waals surface area contributed by atoms with E-state index in [4.69, 9.17) is 0 Å². The Hall–Kier alpha value is -0.690.